The molecular formula is C70H53N9O8S4. The van der Waals surface area contributed by atoms with Crippen molar-refractivity contribution < 1.29 is 38.3 Å². The number of nitrogens with one attached hydrogen (secondary N) is 2. The molecule has 2 aliphatic rings. The molecule has 1 fully saturated rings. The number of anilines is 1. The number of thiazole rings is 1. The zero-order chi connectivity index (χ0) is 62.3. The Morgan fingerprint density at radius 1 is 0.637 bits per heavy atom. The molecule has 11 aromatic rings. The molecule has 7 aromatic carbocycles. The Morgan fingerprint density at radius 3 is 1.67 bits per heavy atom. The summed E-state index contributed by atoms with van der Waals surface area (Å²) in [5.41, 5.74) is 5.52. The van der Waals surface area contributed by atoms with E-state index in [1.165, 1.54) is 44.3 Å². The monoisotopic (exact) mass is 1280 g/mol. The molecule has 0 radical (unpaired) electrons. The Morgan fingerprint density at radius 2 is 1.15 bits per heavy atom. The van der Waals surface area contributed by atoms with Gasteiger partial charge < -0.3 is 24.9 Å². The number of oxime groups is 1. The number of benzene rings is 7. The van der Waals surface area contributed by atoms with Crippen LogP contribution in [-0.2, 0) is 34.2 Å². The third-order valence-electron chi connectivity index (χ3n) is 15.2. The van der Waals surface area contributed by atoms with Crippen LogP contribution in [0.1, 0.15) is 82.8 Å². The Labute approximate surface area is 538 Å². The molecule has 2 atom stereocenters. The lowest BCUT2D eigenvalue weighted by atomic mass is 9.77. The Hall–Kier alpha value is -10.3. The van der Waals surface area contributed by atoms with Gasteiger partial charge in [0.1, 0.15) is 38.2 Å². The number of fused-ring (bicyclic) bond motifs is 2. The van der Waals surface area contributed by atoms with Crippen LogP contribution in [0.2, 0.25) is 0 Å². The first kappa shape index (κ1) is 59.6. The number of hydrogen-bond acceptors (Lipinski definition) is 18. The fourth-order valence-corrected chi connectivity index (χ4v) is 14.8. The van der Waals surface area contributed by atoms with Gasteiger partial charge in [0.15, 0.2) is 23.1 Å². The summed E-state index contributed by atoms with van der Waals surface area (Å²) in [6.07, 6.45) is -1.62. The number of rotatable bonds is 21. The normalized spacial score (nSPS) is 14.8. The van der Waals surface area contributed by atoms with Gasteiger partial charge in [-0.2, -0.15) is 9.50 Å². The van der Waals surface area contributed by atoms with E-state index >= 15 is 9.59 Å². The summed E-state index contributed by atoms with van der Waals surface area (Å²) in [5.74, 6) is -3.49. The van der Waals surface area contributed by atoms with Crippen LogP contribution < -0.4 is 10.6 Å². The molecule has 1 saturated heterocycles. The van der Waals surface area contributed by atoms with Crippen molar-refractivity contribution in [2.75, 3.05) is 16.8 Å². The number of thioether (sulfide) groups is 2. The van der Waals surface area contributed by atoms with Crippen LogP contribution in [0.15, 0.2) is 263 Å². The fraction of sp³-hybridized carbons (Fsp3) is 0.114. The van der Waals surface area contributed by atoms with Gasteiger partial charge in [0.25, 0.3) is 23.4 Å². The summed E-state index contributed by atoms with van der Waals surface area (Å²) in [7, 11) is 0. The number of aryl methyl sites for hydroxylation is 1. The summed E-state index contributed by atoms with van der Waals surface area (Å²) in [5, 5.41) is 18.9. The van der Waals surface area contributed by atoms with E-state index in [2.05, 4.69) is 30.9 Å². The predicted octanol–water partition coefficient (Wildman–Crippen LogP) is 12.6. The van der Waals surface area contributed by atoms with E-state index in [4.69, 9.17) is 19.3 Å². The molecule has 450 valence electrons. The third-order valence-corrected chi connectivity index (χ3v) is 19.2. The number of carbonyl (C=O) groups excluding carboxylic acids is 5. The zero-order valence-corrected chi connectivity index (χ0v) is 51.6. The van der Waals surface area contributed by atoms with Crippen molar-refractivity contribution in [1.82, 2.24) is 34.8 Å². The highest BCUT2D eigenvalue weighted by molar-refractivity contribution is 8.01. The number of carbonyl (C=O) groups is 5. The number of ether oxygens (including phenoxy) is 2. The van der Waals surface area contributed by atoms with E-state index < -0.39 is 58.9 Å². The van der Waals surface area contributed by atoms with Gasteiger partial charge in [0, 0.05) is 22.6 Å². The lowest BCUT2D eigenvalue weighted by Gasteiger charge is -2.49. The fourth-order valence-electron chi connectivity index (χ4n) is 10.9. The Bertz CT molecular complexity index is 4310. The average Bonchev–Trinajstić information content (AvgIpc) is 1.25. The van der Waals surface area contributed by atoms with E-state index in [9.17, 15) is 14.4 Å². The standard InChI is InChI=1S/C70H53N9O8S4/c1-44-40-55(79-68(71-44)74-61(76-79)67(84)86-60(47-28-13-4-14-29-47)48-30-15-5-16-31-48)89-41-49-42-90-64-57(63(81)78(64)58(49)66(83)85-59(45-24-9-2-10-25-45)46-26-11-3-12-27-46)73-62(80)56(77-87-65(82)54-38-23-39-88-54)53-43-91-69(72-53)75-70(50-32-17-6-18-33-50,51-34-19-7-20-35-51)52-36-21-8-22-37-52/h2-40,43,57,59-60,64H,41-42H2,1H3,(H,72,75)(H,73,80)/b77-56-/t57-,64-/m1/s1. The van der Waals surface area contributed by atoms with Crippen LogP contribution in [0.4, 0.5) is 5.13 Å². The second kappa shape index (κ2) is 26.8. The van der Waals surface area contributed by atoms with E-state index in [1.807, 2.05) is 212 Å². The molecule has 0 spiro atoms. The minimum Gasteiger partial charge on any atom is -0.448 e. The molecule has 2 amide bonds. The Kier molecular flexibility index (Phi) is 17.6. The highest BCUT2D eigenvalue weighted by atomic mass is 32.2. The summed E-state index contributed by atoms with van der Waals surface area (Å²) >= 11 is 5.00. The molecule has 13 rings (SSSR count). The molecule has 2 aliphatic heterocycles. The van der Waals surface area contributed by atoms with Gasteiger partial charge in [-0.25, -0.2) is 24.4 Å². The maximum atomic E-state index is 15.2. The van der Waals surface area contributed by atoms with Gasteiger partial charge in [-0.05, 0) is 69.0 Å². The smallest absolute Gasteiger partial charge is 0.379 e. The van der Waals surface area contributed by atoms with Crippen LogP contribution in [-0.4, -0.2) is 87.8 Å². The number of β-lactam (4-membered cyclic amide) rings is 1. The van der Waals surface area contributed by atoms with Crippen molar-refractivity contribution in [3.8, 4) is 0 Å². The second-order valence-corrected chi connectivity index (χ2v) is 24.9. The zero-order valence-electron chi connectivity index (χ0n) is 48.3. The average molecular weight is 1280 g/mol. The van der Waals surface area contributed by atoms with E-state index in [0.717, 1.165) is 39.2 Å². The second-order valence-electron chi connectivity index (χ2n) is 21.0. The van der Waals surface area contributed by atoms with Crippen LogP contribution in [0, 0.1) is 6.92 Å². The number of nitrogens with zero attached hydrogens (tertiary/aromatic N) is 7. The van der Waals surface area contributed by atoms with Gasteiger partial charge in [-0.1, -0.05) is 224 Å². The van der Waals surface area contributed by atoms with Crippen LogP contribution in [0.25, 0.3) is 5.78 Å². The van der Waals surface area contributed by atoms with Gasteiger partial charge in [0.2, 0.25) is 0 Å². The van der Waals surface area contributed by atoms with Crippen molar-refractivity contribution in [3.05, 3.63) is 314 Å². The lowest BCUT2D eigenvalue weighted by Crippen LogP contribution is -2.71. The first-order valence-electron chi connectivity index (χ1n) is 28.8. The maximum Gasteiger partial charge on any atom is 0.379 e. The van der Waals surface area contributed by atoms with Gasteiger partial charge in [0.05, 0.1) is 0 Å². The van der Waals surface area contributed by atoms with Gasteiger partial charge in [-0.3, -0.25) is 14.5 Å². The van der Waals surface area contributed by atoms with Gasteiger partial charge >= 0.3 is 17.9 Å². The predicted molar refractivity (Wildman–Crippen MR) is 350 cm³/mol. The minimum atomic E-state index is -1.19. The topological polar surface area (TPSA) is 209 Å². The molecule has 6 heterocycles. The molecule has 0 aliphatic carbocycles. The quantitative estimate of drug-likeness (QED) is 0.0100. The molecule has 17 nitrogen and oxygen atoms in total. The molecule has 2 N–H and O–H groups in total. The van der Waals surface area contributed by atoms with Crippen LogP contribution in [0.3, 0.4) is 0 Å². The molecule has 0 unspecified atom stereocenters. The lowest BCUT2D eigenvalue weighted by molar-refractivity contribution is -0.154. The Balaban J connectivity index is 0.810. The summed E-state index contributed by atoms with van der Waals surface area (Å²) in [6, 6.07) is 71.1. The van der Waals surface area contributed by atoms with Crippen LogP contribution >= 0.6 is 46.2 Å². The van der Waals surface area contributed by atoms with Crippen molar-refractivity contribution >= 4 is 92.5 Å². The van der Waals surface area contributed by atoms with Crippen molar-refractivity contribution in [2.45, 2.75) is 41.1 Å². The molecule has 21 heteroatoms. The number of amides is 2. The van der Waals surface area contributed by atoms with E-state index in [-0.39, 0.29) is 45.1 Å². The first-order valence-corrected chi connectivity index (χ1v) is 32.6. The molecule has 0 bridgehead atoms. The SMILES string of the molecule is Cc1cc(SCC2=C(C(=O)OC(c3ccccc3)c3ccccc3)N3C(=O)[C@@H](NC(=O)/C(=N\OC(=O)c4cccs4)c4csc(NC(c5ccccc5)(c5ccccc5)c5ccccc5)n4)[C@H]3SC2)n2nc(C(=O)OC(c3ccccc3)c3ccccc3)nc2n1. The van der Waals surface area contributed by atoms with Crippen molar-refractivity contribution in [1.29, 1.82) is 0 Å². The largest absolute Gasteiger partial charge is 0.448 e. The molecular weight excluding hydrogens is 1220 g/mol. The minimum absolute atomic E-state index is 0.00840. The highest BCUT2D eigenvalue weighted by Gasteiger charge is 2.55. The maximum absolute atomic E-state index is 15.2. The number of hydrogen-bond donors (Lipinski definition) is 2. The molecule has 0 saturated carbocycles. The third kappa shape index (κ3) is 12.6. The number of aromatic nitrogens is 5. The summed E-state index contributed by atoms with van der Waals surface area (Å²) < 4.78 is 14.1. The number of esters is 2. The molecule has 91 heavy (non-hydrogen) atoms. The van der Waals surface area contributed by atoms with Crippen molar-refractivity contribution in [2.24, 2.45) is 5.16 Å². The number of thiophene rings is 1. The van der Waals surface area contributed by atoms with Crippen molar-refractivity contribution in [3.63, 3.8) is 0 Å². The van der Waals surface area contributed by atoms with Gasteiger partial charge in [-0.15, -0.1) is 51.3 Å². The summed E-state index contributed by atoms with van der Waals surface area (Å²) in [6.45, 7) is 1.80. The summed E-state index contributed by atoms with van der Waals surface area (Å²) in [4.78, 5) is 93.8. The van der Waals surface area contributed by atoms with E-state index in [1.54, 1.807) is 35.9 Å². The molecule has 4 aromatic heterocycles. The highest BCUT2D eigenvalue weighted by Crippen LogP contribution is 2.44. The van der Waals surface area contributed by atoms with E-state index in [0.29, 0.717) is 32.6 Å². The van der Waals surface area contributed by atoms with Crippen LogP contribution in [0.5, 0.6) is 0 Å². The first-order chi connectivity index (χ1) is 44.6.